The highest BCUT2D eigenvalue weighted by atomic mass is 16.5. The van der Waals surface area contributed by atoms with Crippen LogP contribution in [0.25, 0.3) is 0 Å². The second kappa shape index (κ2) is 9.26. The fraction of sp³-hybridized carbons (Fsp3) is 0.364. The molecule has 0 radical (unpaired) electrons. The fourth-order valence-electron chi connectivity index (χ4n) is 2.77. The Kier molecular flexibility index (Phi) is 7.04. The van der Waals surface area contributed by atoms with Gasteiger partial charge >= 0.3 is 6.03 Å². The molecular formula is C22H29N3O3. The molecule has 6 nitrogen and oxygen atoms in total. The Morgan fingerprint density at radius 1 is 1.07 bits per heavy atom. The predicted octanol–water partition coefficient (Wildman–Crippen LogP) is 3.66. The molecule has 0 fully saturated rings. The van der Waals surface area contributed by atoms with Gasteiger partial charge in [-0.05, 0) is 44.5 Å². The van der Waals surface area contributed by atoms with Gasteiger partial charge in [0.25, 0.3) is 0 Å². The summed E-state index contributed by atoms with van der Waals surface area (Å²) in [7, 11) is 3.22. The standard InChI is InChI=1S/C22H29N3O3/c1-22(2,3)24-20(26)15-25(4)21(27)23-18-11-12-19(28-5)17(14-18)13-16-9-7-6-8-10-16/h6-12,14H,13,15H2,1-5H3,(H,23,27)(H,24,26). The quantitative estimate of drug-likeness (QED) is 0.800. The maximum atomic E-state index is 12.4. The molecule has 0 unspecified atom stereocenters. The molecule has 6 heteroatoms. The Balaban J connectivity index is 2.05. The molecule has 2 aromatic carbocycles. The Labute approximate surface area is 166 Å². The number of carbonyl (C=O) groups is 2. The first kappa shape index (κ1) is 21.3. The maximum Gasteiger partial charge on any atom is 0.322 e. The largest absolute Gasteiger partial charge is 0.496 e. The van der Waals surface area contributed by atoms with E-state index in [9.17, 15) is 9.59 Å². The van der Waals surface area contributed by atoms with Crippen LogP contribution in [0.2, 0.25) is 0 Å². The Bertz CT molecular complexity index is 814. The third kappa shape index (κ3) is 6.61. The van der Waals surface area contributed by atoms with Gasteiger partial charge in [0, 0.05) is 30.3 Å². The summed E-state index contributed by atoms with van der Waals surface area (Å²) in [5.41, 5.74) is 2.44. The smallest absolute Gasteiger partial charge is 0.322 e. The van der Waals surface area contributed by atoms with Gasteiger partial charge in [-0.1, -0.05) is 30.3 Å². The van der Waals surface area contributed by atoms with E-state index in [0.29, 0.717) is 12.1 Å². The number of hydrogen-bond donors (Lipinski definition) is 2. The molecule has 150 valence electrons. The van der Waals surface area contributed by atoms with Crippen molar-refractivity contribution < 1.29 is 14.3 Å². The number of anilines is 1. The number of carbonyl (C=O) groups excluding carboxylic acids is 2. The van der Waals surface area contributed by atoms with Crippen molar-refractivity contribution in [2.75, 3.05) is 26.0 Å². The van der Waals surface area contributed by atoms with Gasteiger partial charge in [0.15, 0.2) is 0 Å². The lowest BCUT2D eigenvalue weighted by Gasteiger charge is -2.23. The summed E-state index contributed by atoms with van der Waals surface area (Å²) >= 11 is 0. The molecule has 3 amide bonds. The second-order valence-corrected chi connectivity index (χ2v) is 7.77. The van der Waals surface area contributed by atoms with Crippen molar-refractivity contribution in [3.8, 4) is 5.75 Å². The Morgan fingerprint density at radius 2 is 1.75 bits per heavy atom. The summed E-state index contributed by atoms with van der Waals surface area (Å²) in [4.78, 5) is 25.8. The summed E-state index contributed by atoms with van der Waals surface area (Å²) in [6.45, 7) is 5.68. The van der Waals surface area contributed by atoms with Crippen molar-refractivity contribution in [1.82, 2.24) is 10.2 Å². The first-order valence-corrected chi connectivity index (χ1v) is 9.22. The zero-order valence-electron chi connectivity index (χ0n) is 17.2. The van der Waals surface area contributed by atoms with Crippen LogP contribution in [0.1, 0.15) is 31.9 Å². The normalized spacial score (nSPS) is 10.9. The van der Waals surface area contributed by atoms with Gasteiger partial charge in [0.2, 0.25) is 5.91 Å². The number of likely N-dealkylation sites (N-methyl/N-ethyl adjacent to an activating group) is 1. The highest BCUT2D eigenvalue weighted by molar-refractivity contribution is 5.92. The van der Waals surface area contributed by atoms with Crippen LogP contribution in [0.4, 0.5) is 10.5 Å². The van der Waals surface area contributed by atoms with E-state index in [1.54, 1.807) is 20.2 Å². The van der Waals surface area contributed by atoms with E-state index in [0.717, 1.165) is 16.9 Å². The van der Waals surface area contributed by atoms with Gasteiger partial charge in [-0.15, -0.1) is 0 Å². The lowest BCUT2D eigenvalue weighted by Crippen LogP contribution is -2.47. The van der Waals surface area contributed by atoms with Crippen molar-refractivity contribution >= 4 is 17.6 Å². The van der Waals surface area contributed by atoms with E-state index in [1.165, 1.54) is 4.90 Å². The van der Waals surface area contributed by atoms with Gasteiger partial charge in [-0.3, -0.25) is 4.79 Å². The second-order valence-electron chi connectivity index (χ2n) is 7.77. The van der Waals surface area contributed by atoms with Crippen molar-refractivity contribution in [2.45, 2.75) is 32.7 Å². The van der Waals surface area contributed by atoms with Gasteiger partial charge < -0.3 is 20.3 Å². The predicted molar refractivity (Wildman–Crippen MR) is 112 cm³/mol. The van der Waals surface area contributed by atoms with Gasteiger partial charge in [0.05, 0.1) is 7.11 Å². The number of benzene rings is 2. The minimum atomic E-state index is -0.347. The topological polar surface area (TPSA) is 70.7 Å². The summed E-state index contributed by atoms with van der Waals surface area (Å²) in [6.07, 6.45) is 0.692. The molecule has 0 bridgehead atoms. The molecule has 0 aliphatic rings. The van der Waals surface area contributed by atoms with Crippen molar-refractivity contribution in [1.29, 1.82) is 0 Å². The molecule has 0 saturated heterocycles. The summed E-state index contributed by atoms with van der Waals surface area (Å²) in [5, 5.41) is 5.68. The van der Waals surface area contributed by atoms with E-state index in [4.69, 9.17) is 4.74 Å². The summed E-state index contributed by atoms with van der Waals surface area (Å²) in [6, 6.07) is 15.2. The van der Waals surface area contributed by atoms with Gasteiger partial charge in [-0.2, -0.15) is 0 Å². The average molecular weight is 383 g/mol. The van der Waals surface area contributed by atoms with Crippen LogP contribution in [0.3, 0.4) is 0 Å². The number of amides is 3. The molecule has 2 rings (SSSR count). The highest BCUT2D eigenvalue weighted by Gasteiger charge is 2.18. The first-order chi connectivity index (χ1) is 13.2. The van der Waals surface area contributed by atoms with Crippen molar-refractivity contribution in [3.05, 3.63) is 59.7 Å². The number of nitrogens with zero attached hydrogens (tertiary/aromatic N) is 1. The molecule has 0 spiro atoms. The molecule has 0 heterocycles. The van der Waals surface area contributed by atoms with E-state index < -0.39 is 0 Å². The molecule has 0 atom stereocenters. The van der Waals surface area contributed by atoms with Crippen LogP contribution < -0.4 is 15.4 Å². The van der Waals surface area contributed by atoms with Crippen LogP contribution in [0.5, 0.6) is 5.75 Å². The van der Waals surface area contributed by atoms with Crippen molar-refractivity contribution in [2.24, 2.45) is 0 Å². The number of rotatable bonds is 6. The summed E-state index contributed by atoms with van der Waals surface area (Å²) < 4.78 is 5.45. The molecule has 2 N–H and O–H groups in total. The van der Waals surface area contributed by atoms with E-state index in [-0.39, 0.29) is 24.0 Å². The number of nitrogens with one attached hydrogen (secondary N) is 2. The third-order valence-corrected chi connectivity index (χ3v) is 4.01. The Hall–Kier alpha value is -3.02. The molecule has 28 heavy (non-hydrogen) atoms. The molecule has 0 aliphatic carbocycles. The zero-order valence-corrected chi connectivity index (χ0v) is 17.2. The number of urea groups is 1. The highest BCUT2D eigenvalue weighted by Crippen LogP contribution is 2.25. The average Bonchev–Trinajstić information content (AvgIpc) is 2.61. The molecule has 2 aromatic rings. The first-order valence-electron chi connectivity index (χ1n) is 9.22. The minimum absolute atomic E-state index is 0.0177. The fourth-order valence-corrected chi connectivity index (χ4v) is 2.77. The van der Waals surface area contributed by atoms with Crippen LogP contribution in [0.15, 0.2) is 48.5 Å². The van der Waals surface area contributed by atoms with Gasteiger partial charge in [-0.25, -0.2) is 4.79 Å². The third-order valence-electron chi connectivity index (χ3n) is 4.01. The molecule has 0 aromatic heterocycles. The maximum absolute atomic E-state index is 12.4. The van der Waals surface area contributed by atoms with E-state index in [1.807, 2.05) is 63.2 Å². The molecule has 0 saturated carbocycles. The molecule has 0 aliphatic heterocycles. The van der Waals surface area contributed by atoms with Crippen LogP contribution >= 0.6 is 0 Å². The number of hydrogen-bond acceptors (Lipinski definition) is 3. The Morgan fingerprint density at radius 3 is 2.36 bits per heavy atom. The number of ether oxygens (including phenoxy) is 1. The van der Waals surface area contributed by atoms with Crippen molar-refractivity contribution in [3.63, 3.8) is 0 Å². The van der Waals surface area contributed by atoms with Crippen LogP contribution in [-0.2, 0) is 11.2 Å². The zero-order chi connectivity index (χ0) is 20.7. The van der Waals surface area contributed by atoms with Crippen LogP contribution in [0, 0.1) is 0 Å². The van der Waals surface area contributed by atoms with Gasteiger partial charge in [0.1, 0.15) is 12.3 Å². The lowest BCUT2D eigenvalue weighted by molar-refractivity contribution is -0.122. The van der Waals surface area contributed by atoms with Crippen LogP contribution in [-0.4, -0.2) is 43.1 Å². The summed E-state index contributed by atoms with van der Waals surface area (Å²) in [5.74, 6) is 0.560. The monoisotopic (exact) mass is 383 g/mol. The lowest BCUT2D eigenvalue weighted by atomic mass is 10.0. The number of methoxy groups -OCH3 is 1. The van der Waals surface area contributed by atoms with E-state index >= 15 is 0 Å². The SMILES string of the molecule is COc1ccc(NC(=O)N(C)CC(=O)NC(C)(C)C)cc1Cc1ccccc1. The molecular weight excluding hydrogens is 354 g/mol. The van der Waals surface area contributed by atoms with E-state index in [2.05, 4.69) is 10.6 Å². The minimum Gasteiger partial charge on any atom is -0.496 e.